The van der Waals surface area contributed by atoms with E-state index in [2.05, 4.69) is 34.6 Å². The third-order valence-corrected chi connectivity index (χ3v) is 7.47. The molecular weight excluding hydrogens is 452 g/mol. The number of likely N-dealkylation sites (tertiary alicyclic amines) is 1. The maximum Gasteiger partial charge on any atom is 0.163 e. The summed E-state index contributed by atoms with van der Waals surface area (Å²) in [7, 11) is 1.71. The first-order valence-corrected chi connectivity index (χ1v) is 13.6. The molecule has 0 unspecified atom stereocenters. The van der Waals surface area contributed by atoms with Crippen LogP contribution in [0.1, 0.15) is 44.8 Å². The van der Waals surface area contributed by atoms with Crippen LogP contribution in [0.3, 0.4) is 0 Å². The summed E-state index contributed by atoms with van der Waals surface area (Å²) in [6, 6.07) is 10.2. The van der Waals surface area contributed by atoms with Crippen molar-refractivity contribution in [2.45, 2.75) is 45.4 Å². The van der Waals surface area contributed by atoms with Gasteiger partial charge in [-0.05, 0) is 88.5 Å². The van der Waals surface area contributed by atoms with Crippen LogP contribution in [0.2, 0.25) is 0 Å². The molecule has 0 radical (unpaired) electrons. The summed E-state index contributed by atoms with van der Waals surface area (Å²) >= 11 is 0. The molecular formula is C29H40N4O3. The summed E-state index contributed by atoms with van der Waals surface area (Å²) < 4.78 is 18.0. The van der Waals surface area contributed by atoms with Gasteiger partial charge in [-0.3, -0.25) is 0 Å². The van der Waals surface area contributed by atoms with Gasteiger partial charge in [0, 0.05) is 36.7 Å². The Hall–Kier alpha value is -2.77. The molecule has 0 bridgehead atoms. The van der Waals surface area contributed by atoms with Crippen LogP contribution in [-0.2, 0) is 6.42 Å². The fourth-order valence-corrected chi connectivity index (χ4v) is 5.30. The fourth-order valence-electron chi connectivity index (χ4n) is 5.30. The van der Waals surface area contributed by atoms with Crippen LogP contribution in [0, 0.1) is 5.92 Å². The first-order valence-electron chi connectivity index (χ1n) is 13.6. The lowest BCUT2D eigenvalue weighted by Gasteiger charge is -2.24. The second-order valence-electron chi connectivity index (χ2n) is 10.0. The second kappa shape index (κ2) is 12.0. The Morgan fingerprint density at radius 3 is 2.69 bits per heavy atom. The van der Waals surface area contributed by atoms with Gasteiger partial charge in [0.2, 0.25) is 0 Å². The van der Waals surface area contributed by atoms with E-state index < -0.39 is 0 Å². The minimum atomic E-state index is 0.660. The molecule has 2 saturated heterocycles. The Labute approximate surface area is 214 Å². The van der Waals surface area contributed by atoms with Gasteiger partial charge in [0.15, 0.2) is 17.3 Å². The SMILES string of the molecule is CCc1ccc(-c2cc(NCC3CCNCC3)c3cc(OC)c(OCCCN4CCCC4)cc3n2)o1. The zero-order valence-electron chi connectivity index (χ0n) is 21.8. The zero-order valence-corrected chi connectivity index (χ0v) is 21.8. The Kier molecular flexibility index (Phi) is 8.29. The number of piperidine rings is 1. The number of rotatable bonds is 11. The van der Waals surface area contributed by atoms with Crippen molar-refractivity contribution >= 4 is 16.6 Å². The van der Waals surface area contributed by atoms with Gasteiger partial charge in [-0.15, -0.1) is 0 Å². The third kappa shape index (κ3) is 5.95. The van der Waals surface area contributed by atoms with Crippen molar-refractivity contribution in [2.75, 3.05) is 58.3 Å². The molecule has 0 amide bonds. The molecule has 0 spiro atoms. The van der Waals surface area contributed by atoms with Crippen LogP contribution in [0.5, 0.6) is 11.5 Å². The fraction of sp³-hybridized carbons (Fsp3) is 0.552. The quantitative estimate of drug-likeness (QED) is 0.350. The smallest absolute Gasteiger partial charge is 0.163 e. The third-order valence-electron chi connectivity index (χ3n) is 7.47. The van der Waals surface area contributed by atoms with Crippen LogP contribution in [-0.4, -0.2) is 62.9 Å². The number of pyridine rings is 1. The van der Waals surface area contributed by atoms with Gasteiger partial charge < -0.3 is 29.4 Å². The number of nitrogens with one attached hydrogen (secondary N) is 2. The van der Waals surface area contributed by atoms with E-state index in [0.29, 0.717) is 12.5 Å². The highest BCUT2D eigenvalue weighted by Gasteiger charge is 2.18. The van der Waals surface area contributed by atoms with Gasteiger partial charge in [0.05, 0.1) is 19.2 Å². The Morgan fingerprint density at radius 1 is 1.11 bits per heavy atom. The van der Waals surface area contributed by atoms with Crippen molar-refractivity contribution in [1.29, 1.82) is 0 Å². The number of anilines is 1. The number of furan rings is 1. The van der Waals surface area contributed by atoms with E-state index in [4.69, 9.17) is 18.9 Å². The minimum Gasteiger partial charge on any atom is -0.493 e. The van der Waals surface area contributed by atoms with Crippen LogP contribution >= 0.6 is 0 Å². The molecule has 2 aromatic heterocycles. The normalized spacial score (nSPS) is 17.1. The minimum absolute atomic E-state index is 0.660. The van der Waals surface area contributed by atoms with E-state index in [1.54, 1.807) is 7.11 Å². The maximum absolute atomic E-state index is 6.22. The predicted molar refractivity (Wildman–Crippen MR) is 145 cm³/mol. The van der Waals surface area contributed by atoms with Crippen LogP contribution in [0.4, 0.5) is 5.69 Å². The molecule has 0 atom stereocenters. The standard InChI is InChI=1S/C29H40N4O3/c1-3-22-7-8-27(36-22)26-18-24(31-20-21-9-11-30-12-10-21)23-17-28(34-2)29(19-25(23)32-26)35-16-6-15-33-13-4-5-14-33/h7-8,17-19,21,30H,3-6,9-16,20H2,1-2H3,(H,31,32). The Balaban J connectivity index is 1.41. The molecule has 0 aliphatic carbocycles. The molecule has 2 aliphatic heterocycles. The number of methoxy groups -OCH3 is 1. The number of ether oxygens (including phenoxy) is 2. The van der Waals surface area contributed by atoms with E-state index in [-0.39, 0.29) is 0 Å². The summed E-state index contributed by atoms with van der Waals surface area (Å²) in [6.07, 6.45) is 6.89. The molecule has 2 fully saturated rings. The van der Waals surface area contributed by atoms with Gasteiger partial charge >= 0.3 is 0 Å². The lowest BCUT2D eigenvalue weighted by Crippen LogP contribution is -2.31. The number of fused-ring (bicyclic) bond motifs is 1. The topological polar surface area (TPSA) is 71.8 Å². The molecule has 194 valence electrons. The maximum atomic E-state index is 6.22. The number of aryl methyl sites for hydroxylation is 1. The highest BCUT2D eigenvalue weighted by atomic mass is 16.5. The van der Waals surface area contributed by atoms with Crippen molar-refractivity contribution in [3.63, 3.8) is 0 Å². The molecule has 1 aromatic carbocycles. The molecule has 4 heterocycles. The molecule has 2 aliphatic rings. The molecule has 36 heavy (non-hydrogen) atoms. The largest absolute Gasteiger partial charge is 0.493 e. The number of aromatic nitrogens is 1. The summed E-state index contributed by atoms with van der Waals surface area (Å²) in [5, 5.41) is 8.23. The number of hydrogen-bond donors (Lipinski definition) is 2. The molecule has 7 nitrogen and oxygen atoms in total. The van der Waals surface area contributed by atoms with Crippen LogP contribution in [0.25, 0.3) is 22.4 Å². The lowest BCUT2D eigenvalue weighted by molar-refractivity contribution is 0.254. The number of benzene rings is 1. The van der Waals surface area contributed by atoms with Gasteiger partial charge in [0.1, 0.15) is 11.5 Å². The summed E-state index contributed by atoms with van der Waals surface area (Å²) in [5.74, 6) is 3.91. The van der Waals surface area contributed by atoms with Crippen molar-refractivity contribution in [2.24, 2.45) is 5.92 Å². The Morgan fingerprint density at radius 2 is 1.94 bits per heavy atom. The van der Waals surface area contributed by atoms with E-state index in [1.165, 1.54) is 38.8 Å². The molecule has 0 saturated carbocycles. The highest BCUT2D eigenvalue weighted by molar-refractivity contribution is 5.95. The van der Waals surface area contributed by atoms with E-state index >= 15 is 0 Å². The van der Waals surface area contributed by atoms with Crippen LogP contribution < -0.4 is 20.1 Å². The van der Waals surface area contributed by atoms with Gasteiger partial charge in [-0.2, -0.15) is 0 Å². The monoisotopic (exact) mass is 492 g/mol. The van der Waals surface area contributed by atoms with E-state index in [1.807, 2.05) is 18.2 Å². The average molecular weight is 493 g/mol. The molecule has 7 heteroatoms. The van der Waals surface area contributed by atoms with Gasteiger partial charge in [-0.1, -0.05) is 6.92 Å². The van der Waals surface area contributed by atoms with Crippen LogP contribution in [0.15, 0.2) is 34.7 Å². The molecule has 2 N–H and O–H groups in total. The number of nitrogens with zero attached hydrogens (tertiary/aromatic N) is 2. The number of hydrogen-bond acceptors (Lipinski definition) is 7. The Bertz CT molecular complexity index is 1130. The first-order chi connectivity index (χ1) is 17.7. The average Bonchev–Trinajstić information content (AvgIpc) is 3.62. The van der Waals surface area contributed by atoms with Crippen molar-refractivity contribution in [3.8, 4) is 23.0 Å². The van der Waals surface area contributed by atoms with Gasteiger partial charge in [-0.25, -0.2) is 4.98 Å². The van der Waals surface area contributed by atoms with Gasteiger partial charge in [0.25, 0.3) is 0 Å². The summed E-state index contributed by atoms with van der Waals surface area (Å²) in [6.45, 7) is 9.40. The first kappa shape index (κ1) is 24.9. The van der Waals surface area contributed by atoms with E-state index in [0.717, 1.165) is 84.3 Å². The molecule has 3 aromatic rings. The highest BCUT2D eigenvalue weighted by Crippen LogP contribution is 2.37. The summed E-state index contributed by atoms with van der Waals surface area (Å²) in [5.41, 5.74) is 2.77. The van der Waals surface area contributed by atoms with Crippen molar-refractivity contribution in [3.05, 3.63) is 36.1 Å². The summed E-state index contributed by atoms with van der Waals surface area (Å²) in [4.78, 5) is 7.51. The predicted octanol–water partition coefficient (Wildman–Crippen LogP) is 5.34. The second-order valence-corrected chi connectivity index (χ2v) is 10.0. The zero-order chi connectivity index (χ0) is 24.7. The van der Waals surface area contributed by atoms with E-state index in [9.17, 15) is 0 Å². The van der Waals surface area contributed by atoms with Crippen molar-refractivity contribution < 1.29 is 13.9 Å². The molecule has 5 rings (SSSR count). The van der Waals surface area contributed by atoms with Crippen molar-refractivity contribution in [1.82, 2.24) is 15.2 Å². The lowest BCUT2D eigenvalue weighted by atomic mass is 9.98.